The van der Waals surface area contributed by atoms with E-state index in [4.69, 9.17) is 4.74 Å². The zero-order chi connectivity index (χ0) is 13.9. The lowest BCUT2D eigenvalue weighted by Gasteiger charge is -2.44. The minimum Gasteiger partial charge on any atom is -0.356 e. The average molecular weight is 284 g/mol. The zero-order valence-corrected chi connectivity index (χ0v) is 12.9. The molecule has 3 nitrogen and oxygen atoms in total. The molecule has 0 aromatic carbocycles. The monoisotopic (exact) mass is 284 g/mol. The van der Waals surface area contributed by atoms with Gasteiger partial charge < -0.3 is 4.74 Å². The Hall–Kier alpha value is -0.350. The summed E-state index contributed by atoms with van der Waals surface area (Å²) in [6.45, 7) is 5.85. The summed E-state index contributed by atoms with van der Waals surface area (Å²) in [5.41, 5.74) is -1.22. The number of sulfone groups is 1. The number of rotatable bonds is 1. The highest BCUT2D eigenvalue weighted by Crippen LogP contribution is 2.67. The van der Waals surface area contributed by atoms with Crippen molar-refractivity contribution in [2.75, 3.05) is 5.75 Å². The van der Waals surface area contributed by atoms with Gasteiger partial charge in [0.15, 0.2) is 15.3 Å². The molecule has 0 spiro atoms. The molecule has 1 saturated heterocycles. The lowest BCUT2D eigenvalue weighted by molar-refractivity contribution is -0.0984. The van der Waals surface area contributed by atoms with Gasteiger partial charge in [-0.2, -0.15) is 0 Å². The van der Waals surface area contributed by atoms with Crippen LogP contribution in [0.3, 0.4) is 0 Å². The summed E-state index contributed by atoms with van der Waals surface area (Å²) in [5.74, 6) is 0.324. The molecule has 2 aliphatic carbocycles. The molecule has 1 aliphatic heterocycles. The molecule has 0 aromatic rings. The van der Waals surface area contributed by atoms with E-state index in [1.807, 2.05) is 20.8 Å². The normalized spacial score (nSPS) is 44.1. The van der Waals surface area contributed by atoms with Crippen LogP contribution in [0, 0.1) is 10.8 Å². The summed E-state index contributed by atoms with van der Waals surface area (Å²) in [4.78, 5) is 0. The van der Waals surface area contributed by atoms with Gasteiger partial charge in [-0.3, -0.25) is 0 Å². The van der Waals surface area contributed by atoms with Crippen LogP contribution in [0.25, 0.3) is 0 Å². The molecule has 0 bridgehead atoms. The molecule has 3 aliphatic rings. The van der Waals surface area contributed by atoms with E-state index in [9.17, 15) is 8.42 Å². The maximum atomic E-state index is 12.7. The smallest absolute Gasteiger partial charge is 0.178 e. The molecule has 1 heterocycles. The molecule has 3 atom stereocenters. The molecule has 4 heteroatoms. The van der Waals surface area contributed by atoms with Gasteiger partial charge in [-0.05, 0) is 51.9 Å². The van der Waals surface area contributed by atoms with Crippen molar-refractivity contribution in [1.29, 1.82) is 0 Å². The lowest BCUT2D eigenvalue weighted by atomic mass is 9.61. The summed E-state index contributed by atoms with van der Waals surface area (Å²) in [6.07, 6.45) is 9.31. The van der Waals surface area contributed by atoms with Crippen molar-refractivity contribution in [3.05, 3.63) is 12.2 Å². The van der Waals surface area contributed by atoms with Crippen LogP contribution >= 0.6 is 0 Å². The van der Waals surface area contributed by atoms with Crippen LogP contribution in [0.4, 0.5) is 0 Å². The highest BCUT2D eigenvalue weighted by molar-refractivity contribution is 7.92. The predicted molar refractivity (Wildman–Crippen MR) is 75.5 cm³/mol. The van der Waals surface area contributed by atoms with Gasteiger partial charge in [-0.1, -0.05) is 18.6 Å². The minimum atomic E-state index is -3.14. The predicted octanol–water partition coefficient (Wildman–Crippen LogP) is 3.06. The molecule has 0 amide bonds. The Morgan fingerprint density at radius 2 is 1.84 bits per heavy atom. The third-order valence-electron chi connectivity index (χ3n) is 5.21. The fraction of sp³-hybridized carbons (Fsp3) is 0.867. The first-order valence-electron chi connectivity index (χ1n) is 7.25. The molecule has 1 saturated carbocycles. The van der Waals surface area contributed by atoms with Gasteiger partial charge in [0.05, 0.1) is 11.4 Å². The lowest BCUT2D eigenvalue weighted by Crippen LogP contribution is -2.46. The number of ether oxygens (including phenoxy) is 1. The van der Waals surface area contributed by atoms with Crippen molar-refractivity contribution in [2.24, 2.45) is 10.8 Å². The van der Waals surface area contributed by atoms with E-state index in [0.717, 1.165) is 32.1 Å². The van der Waals surface area contributed by atoms with Crippen LogP contribution in [-0.4, -0.2) is 25.2 Å². The Morgan fingerprint density at radius 1 is 1.16 bits per heavy atom. The fourth-order valence-electron chi connectivity index (χ4n) is 4.53. The van der Waals surface area contributed by atoms with Crippen molar-refractivity contribution in [1.82, 2.24) is 0 Å². The largest absolute Gasteiger partial charge is 0.356 e. The molecule has 108 valence electrons. The van der Waals surface area contributed by atoms with E-state index in [-0.39, 0.29) is 10.8 Å². The molecule has 19 heavy (non-hydrogen) atoms. The molecule has 3 rings (SSSR count). The second kappa shape index (κ2) is 3.85. The Morgan fingerprint density at radius 3 is 2.53 bits per heavy atom. The molecule has 0 N–H and O–H groups in total. The van der Waals surface area contributed by atoms with Crippen LogP contribution in [-0.2, 0) is 14.6 Å². The van der Waals surface area contributed by atoms with E-state index >= 15 is 0 Å². The van der Waals surface area contributed by atoms with Gasteiger partial charge in [-0.25, -0.2) is 8.42 Å². The van der Waals surface area contributed by atoms with Crippen molar-refractivity contribution >= 4 is 9.84 Å². The second-order valence-corrected chi connectivity index (χ2v) is 9.58. The first kappa shape index (κ1) is 13.6. The first-order chi connectivity index (χ1) is 8.71. The first-order valence-corrected chi connectivity index (χ1v) is 8.97. The van der Waals surface area contributed by atoms with E-state index in [1.54, 1.807) is 0 Å². The van der Waals surface area contributed by atoms with Gasteiger partial charge in [0.1, 0.15) is 0 Å². The van der Waals surface area contributed by atoms with Crippen LogP contribution < -0.4 is 0 Å². The molecule has 2 fully saturated rings. The summed E-state index contributed by atoms with van der Waals surface area (Å²) < 4.78 is 31.4. The molecule has 0 unspecified atom stereocenters. The van der Waals surface area contributed by atoms with Crippen LogP contribution in [0.2, 0.25) is 0 Å². The minimum absolute atomic E-state index is 0.0451. The van der Waals surface area contributed by atoms with Crippen molar-refractivity contribution in [3.63, 3.8) is 0 Å². The number of hydrogen-bond donors (Lipinski definition) is 0. The maximum absolute atomic E-state index is 12.7. The van der Waals surface area contributed by atoms with E-state index in [1.165, 1.54) is 0 Å². The van der Waals surface area contributed by atoms with Crippen molar-refractivity contribution < 1.29 is 13.2 Å². The Labute approximate surface area is 116 Å². The van der Waals surface area contributed by atoms with Gasteiger partial charge in [0, 0.05) is 5.41 Å². The van der Waals surface area contributed by atoms with Crippen LogP contribution in [0.1, 0.15) is 52.9 Å². The molecule has 0 radical (unpaired) electrons. The van der Waals surface area contributed by atoms with Crippen LogP contribution in [0.5, 0.6) is 0 Å². The highest BCUT2D eigenvalue weighted by Gasteiger charge is 2.69. The highest BCUT2D eigenvalue weighted by atomic mass is 32.2. The van der Waals surface area contributed by atoms with E-state index in [2.05, 4.69) is 12.2 Å². The summed E-state index contributed by atoms with van der Waals surface area (Å²) in [6, 6.07) is 0. The summed E-state index contributed by atoms with van der Waals surface area (Å²) in [5, 5.41) is 0. The van der Waals surface area contributed by atoms with E-state index in [0.29, 0.717) is 5.75 Å². The Balaban J connectivity index is 2.09. The third kappa shape index (κ3) is 1.83. The van der Waals surface area contributed by atoms with Crippen molar-refractivity contribution in [2.45, 2.75) is 63.9 Å². The SMILES string of the molecule is CC(C)(C)O[C@@H]1[C@@]23CC=CC[C@@]2(CCC3)CS1(=O)=O. The van der Waals surface area contributed by atoms with Gasteiger partial charge in [0.25, 0.3) is 0 Å². The maximum Gasteiger partial charge on any atom is 0.178 e. The Bertz CT molecular complexity index is 514. The quantitative estimate of drug-likeness (QED) is 0.695. The van der Waals surface area contributed by atoms with E-state index < -0.39 is 20.9 Å². The summed E-state index contributed by atoms with van der Waals surface area (Å²) >= 11 is 0. The van der Waals surface area contributed by atoms with Gasteiger partial charge in [-0.15, -0.1) is 0 Å². The third-order valence-corrected chi connectivity index (χ3v) is 7.36. The molecule has 0 aromatic heterocycles. The Kier molecular flexibility index (Phi) is 2.76. The fourth-order valence-corrected chi connectivity index (χ4v) is 7.59. The molecular formula is C15H24O3S. The second-order valence-electron chi connectivity index (χ2n) is 7.54. The summed E-state index contributed by atoms with van der Waals surface area (Å²) in [7, 11) is -3.14. The van der Waals surface area contributed by atoms with Crippen LogP contribution in [0.15, 0.2) is 12.2 Å². The molecular weight excluding hydrogens is 260 g/mol. The van der Waals surface area contributed by atoms with Gasteiger partial charge >= 0.3 is 0 Å². The number of hydrogen-bond acceptors (Lipinski definition) is 3. The zero-order valence-electron chi connectivity index (χ0n) is 12.1. The van der Waals surface area contributed by atoms with Gasteiger partial charge in [0.2, 0.25) is 0 Å². The number of allylic oxidation sites excluding steroid dienone is 2. The average Bonchev–Trinajstić information content (AvgIpc) is 2.70. The van der Waals surface area contributed by atoms with Crippen molar-refractivity contribution in [3.8, 4) is 0 Å². The standard InChI is InChI=1S/C15H24O3S/c1-13(2,3)18-12-15-9-5-4-7-14(15,8-6-10-15)11-19(12,16)17/h4-5,12H,6-11H2,1-3H3/t12-,14+,15-/m0/s1. The topological polar surface area (TPSA) is 43.4 Å².